The Hall–Kier alpha value is -3.03. The van der Waals surface area contributed by atoms with E-state index in [1.54, 1.807) is 0 Å². The van der Waals surface area contributed by atoms with Crippen molar-refractivity contribution in [2.45, 2.75) is 37.8 Å². The SMILES string of the molecule is O=C(N[C@@H](CCN1CCC1c1nc(Cc2ccccc2)no1)c1ccccc1)C1CCOC1. The predicted molar refractivity (Wildman–Crippen MR) is 123 cm³/mol. The van der Waals surface area contributed by atoms with Crippen molar-refractivity contribution in [3.05, 3.63) is 83.5 Å². The molecule has 5 rings (SSSR count). The van der Waals surface area contributed by atoms with Gasteiger partial charge in [-0.2, -0.15) is 4.98 Å². The van der Waals surface area contributed by atoms with E-state index in [1.165, 1.54) is 5.56 Å². The molecule has 2 aliphatic heterocycles. The summed E-state index contributed by atoms with van der Waals surface area (Å²) in [6.07, 6.45) is 3.30. The number of amides is 1. The first kappa shape index (κ1) is 21.8. The van der Waals surface area contributed by atoms with E-state index in [9.17, 15) is 4.79 Å². The molecule has 0 spiro atoms. The summed E-state index contributed by atoms with van der Waals surface area (Å²) in [6.45, 7) is 3.03. The quantitative estimate of drug-likeness (QED) is 0.540. The molecule has 3 atom stereocenters. The number of nitrogens with one attached hydrogen (secondary N) is 1. The molecule has 3 heterocycles. The van der Waals surface area contributed by atoms with Crippen LogP contribution in [0.25, 0.3) is 0 Å². The van der Waals surface area contributed by atoms with Crippen molar-refractivity contribution in [1.82, 2.24) is 20.4 Å². The molecule has 3 aromatic rings. The normalized spacial score (nSPS) is 21.5. The maximum atomic E-state index is 12.8. The summed E-state index contributed by atoms with van der Waals surface area (Å²) in [7, 11) is 0. The number of rotatable bonds is 9. The van der Waals surface area contributed by atoms with Gasteiger partial charge in [0.25, 0.3) is 0 Å². The number of benzene rings is 2. The largest absolute Gasteiger partial charge is 0.381 e. The van der Waals surface area contributed by atoms with Gasteiger partial charge in [-0.1, -0.05) is 65.8 Å². The molecule has 0 radical (unpaired) electrons. The summed E-state index contributed by atoms with van der Waals surface area (Å²) in [5, 5.41) is 7.46. The second-order valence-electron chi connectivity index (χ2n) is 8.87. The lowest BCUT2D eigenvalue weighted by Crippen LogP contribution is -2.43. The summed E-state index contributed by atoms with van der Waals surface area (Å²) in [5.41, 5.74) is 2.30. The van der Waals surface area contributed by atoms with Crippen molar-refractivity contribution >= 4 is 5.91 Å². The van der Waals surface area contributed by atoms with Gasteiger partial charge < -0.3 is 14.6 Å². The van der Waals surface area contributed by atoms with Gasteiger partial charge in [0.05, 0.1) is 24.6 Å². The zero-order valence-corrected chi connectivity index (χ0v) is 18.7. The monoisotopic (exact) mass is 446 g/mol. The highest BCUT2D eigenvalue weighted by Gasteiger charge is 2.34. The summed E-state index contributed by atoms with van der Waals surface area (Å²) in [6, 6.07) is 20.5. The van der Waals surface area contributed by atoms with Crippen molar-refractivity contribution in [2.24, 2.45) is 5.92 Å². The number of carbonyl (C=O) groups excluding carboxylic acids is 1. The third-order valence-corrected chi connectivity index (χ3v) is 6.63. The third-order valence-electron chi connectivity index (χ3n) is 6.63. The average Bonchev–Trinajstić information content (AvgIpc) is 3.52. The maximum Gasteiger partial charge on any atom is 0.244 e. The van der Waals surface area contributed by atoms with Crippen LogP contribution in [0.5, 0.6) is 0 Å². The number of likely N-dealkylation sites (tertiary alicyclic amines) is 1. The van der Waals surface area contributed by atoms with E-state index in [-0.39, 0.29) is 23.9 Å². The fourth-order valence-electron chi connectivity index (χ4n) is 4.57. The molecular formula is C26H30N4O3. The highest BCUT2D eigenvalue weighted by Crippen LogP contribution is 2.33. The molecule has 7 heteroatoms. The van der Waals surface area contributed by atoms with Crippen molar-refractivity contribution in [1.29, 1.82) is 0 Å². The second kappa shape index (κ2) is 10.3. The van der Waals surface area contributed by atoms with E-state index < -0.39 is 0 Å². The molecule has 2 aromatic carbocycles. The summed E-state index contributed by atoms with van der Waals surface area (Å²) in [5.74, 6) is 1.45. The topological polar surface area (TPSA) is 80.5 Å². The fraction of sp³-hybridized carbons (Fsp3) is 0.423. The zero-order chi connectivity index (χ0) is 22.5. The molecule has 0 bridgehead atoms. The van der Waals surface area contributed by atoms with Crippen LogP contribution in [0, 0.1) is 5.92 Å². The molecule has 2 aliphatic rings. The molecule has 1 amide bonds. The standard InChI is InChI=1S/C26H30N4O3/c31-25(21-13-16-32-18-21)27-22(20-9-5-2-6-10-20)11-14-30-15-12-23(30)26-28-24(29-33-26)17-19-7-3-1-4-8-19/h1-10,21-23H,11-18H2,(H,27,31)/t21?,22-,23?/m0/s1. The van der Waals surface area contributed by atoms with Gasteiger partial charge in [-0.15, -0.1) is 0 Å². The molecule has 2 fully saturated rings. The molecule has 1 aromatic heterocycles. The number of hydrogen-bond acceptors (Lipinski definition) is 6. The molecular weight excluding hydrogens is 416 g/mol. The Morgan fingerprint density at radius 3 is 2.58 bits per heavy atom. The van der Waals surface area contributed by atoms with E-state index in [1.807, 2.05) is 36.4 Å². The Kier molecular flexibility index (Phi) is 6.79. The average molecular weight is 447 g/mol. The van der Waals surface area contributed by atoms with E-state index >= 15 is 0 Å². The van der Waals surface area contributed by atoms with Crippen LogP contribution in [-0.4, -0.2) is 47.3 Å². The van der Waals surface area contributed by atoms with Crippen LogP contribution in [0.1, 0.15) is 54.2 Å². The van der Waals surface area contributed by atoms with Gasteiger partial charge in [-0.25, -0.2) is 0 Å². The van der Waals surface area contributed by atoms with Crippen molar-refractivity contribution in [3.63, 3.8) is 0 Å². The molecule has 1 N–H and O–H groups in total. The van der Waals surface area contributed by atoms with Crippen molar-refractivity contribution in [2.75, 3.05) is 26.3 Å². The zero-order valence-electron chi connectivity index (χ0n) is 18.7. The number of hydrogen-bond donors (Lipinski definition) is 1. The van der Waals surface area contributed by atoms with E-state index in [0.717, 1.165) is 43.7 Å². The lowest BCUT2D eigenvalue weighted by Gasteiger charge is -2.39. The van der Waals surface area contributed by atoms with E-state index in [4.69, 9.17) is 9.26 Å². The Bertz CT molecular complexity index is 1030. The van der Waals surface area contributed by atoms with Crippen LogP contribution in [0.15, 0.2) is 65.2 Å². The van der Waals surface area contributed by atoms with Gasteiger partial charge in [0.15, 0.2) is 5.82 Å². The third kappa shape index (κ3) is 5.31. The number of carbonyl (C=O) groups is 1. The van der Waals surface area contributed by atoms with E-state index in [0.29, 0.717) is 25.5 Å². The molecule has 0 aliphatic carbocycles. The molecule has 172 valence electrons. The Labute approximate surface area is 194 Å². The first-order valence-corrected chi connectivity index (χ1v) is 11.8. The Balaban J connectivity index is 1.20. The molecule has 7 nitrogen and oxygen atoms in total. The highest BCUT2D eigenvalue weighted by molar-refractivity contribution is 5.79. The number of nitrogens with zero attached hydrogens (tertiary/aromatic N) is 3. The summed E-state index contributed by atoms with van der Waals surface area (Å²) < 4.78 is 11.0. The minimum Gasteiger partial charge on any atom is -0.381 e. The summed E-state index contributed by atoms with van der Waals surface area (Å²) in [4.78, 5) is 19.8. The second-order valence-corrected chi connectivity index (χ2v) is 8.87. The van der Waals surface area contributed by atoms with Gasteiger partial charge in [-0.3, -0.25) is 9.69 Å². The molecule has 33 heavy (non-hydrogen) atoms. The first-order valence-electron chi connectivity index (χ1n) is 11.8. The highest BCUT2D eigenvalue weighted by atomic mass is 16.5. The van der Waals surface area contributed by atoms with Crippen LogP contribution in [0.2, 0.25) is 0 Å². The van der Waals surface area contributed by atoms with Gasteiger partial charge >= 0.3 is 0 Å². The molecule has 2 unspecified atom stereocenters. The van der Waals surface area contributed by atoms with E-state index in [2.05, 4.69) is 44.6 Å². The van der Waals surface area contributed by atoms with Crippen LogP contribution in [0.4, 0.5) is 0 Å². The maximum absolute atomic E-state index is 12.8. The molecule has 2 saturated heterocycles. The van der Waals surface area contributed by atoms with Crippen LogP contribution in [0.3, 0.4) is 0 Å². The number of aromatic nitrogens is 2. The fourth-order valence-corrected chi connectivity index (χ4v) is 4.57. The van der Waals surface area contributed by atoms with Crippen LogP contribution >= 0.6 is 0 Å². The van der Waals surface area contributed by atoms with Gasteiger partial charge in [0, 0.05) is 26.1 Å². The Morgan fingerprint density at radius 2 is 1.88 bits per heavy atom. The van der Waals surface area contributed by atoms with Crippen molar-refractivity contribution in [3.8, 4) is 0 Å². The van der Waals surface area contributed by atoms with Crippen LogP contribution in [-0.2, 0) is 16.0 Å². The van der Waals surface area contributed by atoms with Crippen LogP contribution < -0.4 is 5.32 Å². The lowest BCUT2D eigenvalue weighted by molar-refractivity contribution is -0.125. The van der Waals surface area contributed by atoms with Crippen molar-refractivity contribution < 1.29 is 14.1 Å². The summed E-state index contributed by atoms with van der Waals surface area (Å²) >= 11 is 0. The number of ether oxygens (including phenoxy) is 1. The predicted octanol–water partition coefficient (Wildman–Crippen LogP) is 3.69. The van der Waals surface area contributed by atoms with Gasteiger partial charge in [0.1, 0.15) is 0 Å². The minimum absolute atomic E-state index is 0.0307. The minimum atomic E-state index is -0.0469. The smallest absolute Gasteiger partial charge is 0.244 e. The van der Waals surface area contributed by atoms with Gasteiger partial charge in [0.2, 0.25) is 11.8 Å². The Morgan fingerprint density at radius 1 is 1.09 bits per heavy atom. The van der Waals surface area contributed by atoms with Gasteiger partial charge in [-0.05, 0) is 30.4 Å². The lowest BCUT2D eigenvalue weighted by atomic mass is 9.98. The molecule has 0 saturated carbocycles. The first-order chi connectivity index (χ1) is 16.3.